The average Bonchev–Trinajstić information content (AvgIpc) is 3.32. The van der Waals surface area contributed by atoms with E-state index < -0.39 is 25.9 Å². The Balaban J connectivity index is 5.60. The van der Waals surface area contributed by atoms with Crippen LogP contribution in [-0.2, 0) is 27.9 Å². The van der Waals surface area contributed by atoms with Crippen LogP contribution >= 0.6 is 7.82 Å². The van der Waals surface area contributed by atoms with Crippen molar-refractivity contribution in [1.82, 2.24) is 5.32 Å². The molecule has 9 nitrogen and oxygen atoms in total. The number of amides is 1. The lowest BCUT2D eigenvalue weighted by Gasteiger charge is -2.27. The molecule has 0 aromatic heterocycles. The maximum Gasteiger partial charge on any atom is 0.472 e. The van der Waals surface area contributed by atoms with Gasteiger partial charge in [0.25, 0.3) is 0 Å². The zero-order valence-electron chi connectivity index (χ0n) is 44.9. The molecule has 1 amide bonds. The van der Waals surface area contributed by atoms with Crippen molar-refractivity contribution in [2.24, 2.45) is 0 Å². The van der Waals surface area contributed by atoms with Crippen LogP contribution in [0, 0.1) is 0 Å². The minimum atomic E-state index is -4.48. The fourth-order valence-electron chi connectivity index (χ4n) is 6.72. The lowest BCUT2D eigenvalue weighted by atomic mass is 10.1. The summed E-state index contributed by atoms with van der Waals surface area (Å²) >= 11 is 0. The molecule has 0 aliphatic rings. The molecular formula is C60H100N2O7P+. The largest absolute Gasteiger partial charge is 0.472 e. The minimum absolute atomic E-state index is 0.0104. The number of unbranched alkanes of at least 4 members (excludes halogenated alkanes) is 10. The summed E-state index contributed by atoms with van der Waals surface area (Å²) in [5.74, 6) is -0.686. The monoisotopic (exact) mass is 992 g/mol. The number of phosphoric acid groups is 1. The van der Waals surface area contributed by atoms with E-state index in [0.29, 0.717) is 23.9 Å². The van der Waals surface area contributed by atoms with Crippen LogP contribution in [0.1, 0.15) is 181 Å². The van der Waals surface area contributed by atoms with Crippen molar-refractivity contribution in [1.29, 1.82) is 0 Å². The first-order valence-corrected chi connectivity index (χ1v) is 28.5. The summed E-state index contributed by atoms with van der Waals surface area (Å²) in [6, 6.07) is -0.919. The van der Waals surface area contributed by atoms with Crippen molar-refractivity contribution in [3.63, 3.8) is 0 Å². The maximum absolute atomic E-state index is 13.4. The number of quaternary nitrogens is 1. The average molecular weight is 992 g/mol. The molecule has 0 aromatic carbocycles. The zero-order valence-corrected chi connectivity index (χ0v) is 45.8. The number of nitrogens with one attached hydrogen (secondary N) is 1. The Bertz CT molecular complexity index is 1660. The number of allylic oxidation sites excluding steroid dienone is 21. The predicted molar refractivity (Wildman–Crippen MR) is 299 cm³/mol. The van der Waals surface area contributed by atoms with Crippen LogP contribution in [0.2, 0.25) is 0 Å². The number of esters is 1. The van der Waals surface area contributed by atoms with Crippen LogP contribution in [0.25, 0.3) is 0 Å². The molecule has 3 unspecified atom stereocenters. The zero-order chi connectivity index (χ0) is 51.5. The van der Waals surface area contributed by atoms with E-state index in [1.165, 1.54) is 44.9 Å². The summed E-state index contributed by atoms with van der Waals surface area (Å²) in [4.78, 5) is 37.4. The van der Waals surface area contributed by atoms with Gasteiger partial charge in [0.2, 0.25) is 5.91 Å². The highest BCUT2D eigenvalue weighted by molar-refractivity contribution is 7.47. The number of nitrogens with zero attached hydrogens (tertiary/aromatic N) is 1. The van der Waals surface area contributed by atoms with Crippen LogP contribution < -0.4 is 5.32 Å². The number of carbonyl (C=O) groups is 2. The van der Waals surface area contributed by atoms with Gasteiger partial charge in [0.15, 0.2) is 0 Å². The van der Waals surface area contributed by atoms with E-state index in [-0.39, 0.29) is 32.0 Å². The smallest absolute Gasteiger partial charge is 0.456 e. The number of rotatable bonds is 46. The topological polar surface area (TPSA) is 111 Å². The first kappa shape index (κ1) is 66.2. The molecule has 0 heterocycles. The van der Waals surface area contributed by atoms with Crippen LogP contribution in [0.4, 0.5) is 0 Å². The van der Waals surface area contributed by atoms with Gasteiger partial charge in [-0.15, -0.1) is 0 Å². The lowest BCUT2D eigenvalue weighted by Crippen LogP contribution is -2.47. The predicted octanol–water partition coefficient (Wildman–Crippen LogP) is 16.2. The highest BCUT2D eigenvalue weighted by Crippen LogP contribution is 2.43. The highest BCUT2D eigenvalue weighted by atomic mass is 31.2. The molecule has 0 saturated carbocycles. The fourth-order valence-corrected chi connectivity index (χ4v) is 7.46. The van der Waals surface area contributed by atoms with Gasteiger partial charge in [0, 0.05) is 12.8 Å². The first-order valence-electron chi connectivity index (χ1n) is 27.0. The van der Waals surface area contributed by atoms with Crippen molar-refractivity contribution >= 4 is 19.7 Å². The number of ether oxygens (including phenoxy) is 1. The molecule has 0 radical (unpaired) electrons. The summed E-state index contributed by atoms with van der Waals surface area (Å²) in [7, 11) is 1.40. The van der Waals surface area contributed by atoms with Gasteiger partial charge in [-0.3, -0.25) is 18.6 Å². The van der Waals surface area contributed by atoms with Crippen molar-refractivity contribution in [2.45, 2.75) is 193 Å². The van der Waals surface area contributed by atoms with Crippen LogP contribution in [-0.4, -0.2) is 74.3 Å². The summed E-state index contributed by atoms with van der Waals surface area (Å²) in [5, 5.41) is 2.97. The van der Waals surface area contributed by atoms with Crippen molar-refractivity contribution in [2.75, 3.05) is 40.9 Å². The number of likely N-dealkylation sites (N-methyl/N-ethyl adjacent to an activating group) is 1. The van der Waals surface area contributed by atoms with Gasteiger partial charge < -0.3 is 19.4 Å². The first-order chi connectivity index (χ1) is 33.9. The van der Waals surface area contributed by atoms with Crippen molar-refractivity contribution < 1.29 is 37.3 Å². The molecule has 0 bridgehead atoms. The normalized spacial score (nSPS) is 14.9. The van der Waals surface area contributed by atoms with Gasteiger partial charge in [-0.05, 0) is 102 Å². The molecule has 0 spiro atoms. The van der Waals surface area contributed by atoms with Crippen LogP contribution in [0.5, 0.6) is 0 Å². The van der Waals surface area contributed by atoms with Gasteiger partial charge in [-0.1, -0.05) is 200 Å². The van der Waals surface area contributed by atoms with E-state index in [1.807, 2.05) is 39.4 Å². The standard InChI is InChI=1S/C60H99N2O7P/c1-7-10-13-16-19-22-25-27-29-31-33-35-38-41-44-47-50-53-60(64)69-58(51-48-45-42-39-36-24-21-18-15-12-9-3)57(56-68-70(65,66)67-55-54-62(4,5)6)61-59(63)52-49-46-43-40-37-34-32-30-28-26-23-20-17-14-11-8-2/h10-11,13-14,19-20,22-23,27-30,33-35,37,41,43-44,46,48,51,57-58H,7-9,12,15-18,21,24-26,31-32,36,38-40,42,45,47,49-50,52-56H2,1-6H3,(H-,61,63,65,66)/p+1/b13-10-,14-11+,22-19-,23-20+,29-27-,30-28+,35-33-,37-34+,44-41-,46-43+,51-48+. The maximum atomic E-state index is 13.4. The number of hydrogen-bond donors (Lipinski definition) is 2. The summed E-state index contributed by atoms with van der Waals surface area (Å²) in [5.41, 5.74) is 0. The number of phosphoric ester groups is 1. The molecule has 0 fully saturated rings. The molecule has 396 valence electrons. The Morgan fingerprint density at radius 2 is 0.929 bits per heavy atom. The SMILES string of the molecule is CC/C=C\C/C=C\C/C=C\C/C=C\C/C=C\CCCC(=O)OC(/C=C/CCCCCCCCCCC)C(COP(=O)(O)OCC[N+](C)(C)C)NC(=O)CC/C=C/C/C=C/C/C=C/C/C=C/C/C=C/CC. The summed E-state index contributed by atoms with van der Waals surface area (Å²) in [6.45, 7) is 6.63. The third-order valence-electron chi connectivity index (χ3n) is 10.8. The van der Waals surface area contributed by atoms with Gasteiger partial charge in [-0.25, -0.2) is 4.57 Å². The van der Waals surface area contributed by atoms with Gasteiger partial charge in [0.05, 0.1) is 33.8 Å². The molecule has 0 aliphatic carbocycles. The Labute approximate surface area is 428 Å². The van der Waals surface area contributed by atoms with Crippen molar-refractivity contribution in [3.8, 4) is 0 Å². The summed E-state index contributed by atoms with van der Waals surface area (Å²) < 4.78 is 30.4. The molecule has 0 rings (SSSR count). The fraction of sp³-hybridized carbons (Fsp3) is 0.600. The van der Waals surface area contributed by atoms with Crippen LogP contribution in [0.3, 0.4) is 0 Å². The Morgan fingerprint density at radius 1 is 0.514 bits per heavy atom. The Morgan fingerprint density at radius 3 is 1.39 bits per heavy atom. The number of hydrogen-bond acceptors (Lipinski definition) is 6. The highest BCUT2D eigenvalue weighted by Gasteiger charge is 2.30. The van der Waals surface area contributed by atoms with Gasteiger partial charge >= 0.3 is 13.8 Å². The van der Waals surface area contributed by atoms with E-state index in [1.54, 1.807) is 6.08 Å². The second kappa shape index (κ2) is 48.8. The molecule has 0 saturated heterocycles. The quantitative estimate of drug-likeness (QED) is 0.0205. The summed E-state index contributed by atoms with van der Waals surface area (Å²) in [6.07, 6.45) is 69.1. The minimum Gasteiger partial charge on any atom is -0.456 e. The van der Waals surface area contributed by atoms with E-state index in [0.717, 1.165) is 89.9 Å². The Hall–Kier alpha value is -3.85. The number of carbonyl (C=O) groups excluding carboxylic acids is 2. The molecule has 70 heavy (non-hydrogen) atoms. The molecule has 3 atom stereocenters. The third kappa shape index (κ3) is 49.1. The lowest BCUT2D eigenvalue weighted by molar-refractivity contribution is -0.870. The second-order valence-corrected chi connectivity index (χ2v) is 20.1. The molecule has 0 aromatic rings. The molecule has 10 heteroatoms. The van der Waals surface area contributed by atoms with E-state index in [2.05, 4.69) is 135 Å². The molecule has 2 N–H and O–H groups in total. The molecular weight excluding hydrogens is 892 g/mol. The second-order valence-electron chi connectivity index (χ2n) is 18.6. The van der Waals surface area contributed by atoms with E-state index in [9.17, 15) is 19.0 Å². The van der Waals surface area contributed by atoms with Crippen molar-refractivity contribution in [3.05, 3.63) is 134 Å². The molecule has 0 aliphatic heterocycles. The third-order valence-corrected chi connectivity index (χ3v) is 11.8. The van der Waals surface area contributed by atoms with Gasteiger partial charge in [0.1, 0.15) is 19.3 Å². The van der Waals surface area contributed by atoms with Crippen LogP contribution in [0.15, 0.2) is 134 Å². The van der Waals surface area contributed by atoms with Gasteiger partial charge in [-0.2, -0.15) is 0 Å². The van der Waals surface area contributed by atoms with E-state index in [4.69, 9.17) is 13.8 Å². The van der Waals surface area contributed by atoms with E-state index >= 15 is 0 Å². The Kier molecular flexibility index (Phi) is 46.1.